The zero-order valence-electron chi connectivity index (χ0n) is 25.9. The molecule has 2 N–H and O–H groups in total. The summed E-state index contributed by atoms with van der Waals surface area (Å²) in [6.07, 6.45) is 1.57. The summed E-state index contributed by atoms with van der Waals surface area (Å²) in [5, 5.41) is 22.9. The number of aromatic hydroxyl groups is 2. The Morgan fingerprint density at radius 3 is 1.34 bits per heavy atom. The lowest BCUT2D eigenvalue weighted by atomic mass is 9.91. The molecule has 232 valence electrons. The Morgan fingerprint density at radius 2 is 0.851 bits per heavy atom. The molecule has 5 nitrogen and oxygen atoms in total. The van der Waals surface area contributed by atoms with E-state index < -0.39 is 5.97 Å². The standard InChI is InChI=1S/C42H34O5/c43-38-30-15-7-17-32(38)24-34-19-9-20-35(40(34)46-27-28-11-3-1-4-12-28)26-37-22-10-21-36(25-33-18-8-16-31(23-30)39(33)44)41(37)47-42(45)29-13-5-2-6-14-29/h1-22,43-44H,23-27H2. The van der Waals surface area contributed by atoms with Gasteiger partial charge in [-0.1, -0.05) is 121 Å². The van der Waals surface area contributed by atoms with E-state index in [-0.39, 0.29) is 11.5 Å². The fourth-order valence-corrected chi connectivity index (χ4v) is 6.29. The van der Waals surface area contributed by atoms with Crippen LogP contribution in [-0.2, 0) is 32.3 Å². The molecule has 0 fully saturated rings. The maximum Gasteiger partial charge on any atom is 0.343 e. The second kappa shape index (κ2) is 13.3. The average Bonchev–Trinajstić information content (AvgIpc) is 3.09. The molecule has 0 atom stereocenters. The third-order valence-corrected chi connectivity index (χ3v) is 8.72. The van der Waals surface area contributed by atoms with E-state index in [9.17, 15) is 15.0 Å². The molecule has 0 amide bonds. The summed E-state index contributed by atoms with van der Waals surface area (Å²) in [7, 11) is 0. The number of hydrogen-bond acceptors (Lipinski definition) is 5. The van der Waals surface area contributed by atoms with E-state index in [1.807, 2.05) is 121 Å². The Balaban J connectivity index is 1.39. The Morgan fingerprint density at radius 1 is 0.468 bits per heavy atom. The van der Waals surface area contributed by atoms with Gasteiger partial charge in [0, 0.05) is 25.7 Å². The summed E-state index contributed by atoms with van der Waals surface area (Å²) in [6, 6.07) is 42.4. The fraction of sp³-hybridized carbons (Fsp3) is 0.119. The third kappa shape index (κ3) is 6.47. The van der Waals surface area contributed by atoms with Crippen molar-refractivity contribution >= 4 is 5.97 Å². The minimum absolute atomic E-state index is 0.164. The van der Waals surface area contributed by atoms with Gasteiger partial charge in [-0.3, -0.25) is 0 Å². The van der Waals surface area contributed by atoms with Crippen molar-refractivity contribution in [1.29, 1.82) is 0 Å². The zero-order chi connectivity index (χ0) is 32.2. The molecule has 0 radical (unpaired) electrons. The highest BCUT2D eigenvalue weighted by molar-refractivity contribution is 5.91. The van der Waals surface area contributed by atoms with Gasteiger partial charge in [-0.15, -0.1) is 0 Å². The minimum Gasteiger partial charge on any atom is -0.507 e. The number of fused-ring (bicyclic) bond motifs is 8. The quantitative estimate of drug-likeness (QED) is 0.149. The smallest absolute Gasteiger partial charge is 0.343 e. The summed E-state index contributed by atoms with van der Waals surface area (Å²) in [5.41, 5.74) is 7.86. The number of para-hydroxylation sites is 4. The van der Waals surface area contributed by atoms with Gasteiger partial charge >= 0.3 is 5.97 Å². The Bertz CT molecular complexity index is 2050. The maximum atomic E-state index is 13.5. The zero-order valence-corrected chi connectivity index (χ0v) is 25.9. The molecule has 6 aromatic rings. The van der Waals surface area contributed by atoms with Gasteiger partial charge in [0.15, 0.2) is 0 Å². The van der Waals surface area contributed by atoms with Crippen LogP contribution in [0.4, 0.5) is 0 Å². The van der Waals surface area contributed by atoms with Gasteiger partial charge in [-0.05, 0) is 62.2 Å². The van der Waals surface area contributed by atoms with Crippen LogP contribution < -0.4 is 9.47 Å². The number of carbonyl (C=O) groups excluding carboxylic acids is 1. The first-order valence-electron chi connectivity index (χ1n) is 15.8. The van der Waals surface area contributed by atoms with Crippen molar-refractivity contribution in [1.82, 2.24) is 0 Å². The lowest BCUT2D eigenvalue weighted by Crippen LogP contribution is -2.12. The van der Waals surface area contributed by atoms with Crippen molar-refractivity contribution < 1.29 is 24.5 Å². The molecular weight excluding hydrogens is 584 g/mol. The Labute approximate surface area is 274 Å². The number of carbonyl (C=O) groups is 1. The first kappa shape index (κ1) is 29.9. The molecule has 6 aromatic carbocycles. The first-order valence-corrected chi connectivity index (χ1v) is 15.8. The van der Waals surface area contributed by atoms with Crippen LogP contribution in [0.25, 0.3) is 0 Å². The SMILES string of the molecule is O=C(Oc1c2cccc1Cc1cccc(c1OCc1ccccc1)Cc1cccc(c1O)Cc1cccc(c1O)C2)c1ccccc1. The lowest BCUT2D eigenvalue weighted by molar-refractivity contribution is 0.0731. The molecule has 0 unspecified atom stereocenters. The van der Waals surface area contributed by atoms with E-state index in [1.165, 1.54) is 0 Å². The number of phenolic OH excluding ortho intramolecular Hbond substituents is 2. The highest BCUT2D eigenvalue weighted by Crippen LogP contribution is 2.38. The Hall–Kier alpha value is -5.81. The van der Waals surface area contributed by atoms with Gasteiger partial charge in [0.25, 0.3) is 0 Å². The predicted octanol–water partition coefficient (Wildman–Crippen LogP) is 8.57. The molecule has 0 spiro atoms. The van der Waals surface area contributed by atoms with Gasteiger partial charge < -0.3 is 19.7 Å². The van der Waals surface area contributed by atoms with Gasteiger partial charge in [0.2, 0.25) is 0 Å². The topological polar surface area (TPSA) is 76.0 Å². The summed E-state index contributed by atoms with van der Waals surface area (Å²) < 4.78 is 12.8. The number of esters is 1. The molecule has 7 rings (SSSR count). The van der Waals surface area contributed by atoms with Crippen LogP contribution in [0.3, 0.4) is 0 Å². The van der Waals surface area contributed by atoms with Crippen molar-refractivity contribution in [2.75, 3.05) is 0 Å². The second-order valence-corrected chi connectivity index (χ2v) is 11.9. The van der Waals surface area contributed by atoms with Gasteiger partial charge in [0.1, 0.15) is 29.6 Å². The van der Waals surface area contributed by atoms with E-state index in [0.717, 1.165) is 44.7 Å². The highest BCUT2D eigenvalue weighted by Gasteiger charge is 2.22. The normalized spacial score (nSPS) is 12.3. The van der Waals surface area contributed by atoms with Crippen LogP contribution in [0.1, 0.15) is 60.4 Å². The molecule has 5 heteroatoms. The maximum absolute atomic E-state index is 13.5. The van der Waals surface area contributed by atoms with Crippen LogP contribution in [0.2, 0.25) is 0 Å². The molecule has 0 aromatic heterocycles. The van der Waals surface area contributed by atoms with E-state index >= 15 is 0 Å². The molecule has 0 saturated heterocycles. The highest BCUT2D eigenvalue weighted by atomic mass is 16.5. The molecule has 0 aliphatic heterocycles. The molecule has 0 saturated carbocycles. The Kier molecular flexibility index (Phi) is 8.44. The second-order valence-electron chi connectivity index (χ2n) is 11.9. The summed E-state index contributed by atoms with van der Waals surface area (Å²) in [4.78, 5) is 13.5. The van der Waals surface area contributed by atoms with Crippen molar-refractivity contribution in [2.45, 2.75) is 32.3 Å². The molecule has 1 aliphatic rings. The molecule has 8 bridgehead atoms. The number of hydrogen-bond donors (Lipinski definition) is 2. The summed E-state index contributed by atoms with van der Waals surface area (Å²) in [6.45, 7) is 0.376. The van der Waals surface area contributed by atoms with Crippen LogP contribution in [0.15, 0.2) is 133 Å². The summed E-state index contributed by atoms with van der Waals surface area (Å²) >= 11 is 0. The van der Waals surface area contributed by atoms with Crippen molar-refractivity contribution in [2.24, 2.45) is 0 Å². The van der Waals surface area contributed by atoms with Crippen molar-refractivity contribution in [3.05, 3.63) is 189 Å². The van der Waals surface area contributed by atoms with Crippen LogP contribution in [-0.4, -0.2) is 16.2 Å². The van der Waals surface area contributed by atoms with Crippen molar-refractivity contribution in [3.8, 4) is 23.0 Å². The minimum atomic E-state index is -0.449. The van der Waals surface area contributed by atoms with Gasteiger partial charge in [0.05, 0.1) is 5.56 Å². The number of ether oxygens (including phenoxy) is 2. The molecule has 0 heterocycles. The summed E-state index contributed by atoms with van der Waals surface area (Å²) in [5.74, 6) is 1.14. The number of rotatable bonds is 5. The van der Waals surface area contributed by atoms with E-state index in [4.69, 9.17) is 9.47 Å². The molecular formula is C42H34O5. The average molecular weight is 619 g/mol. The van der Waals surface area contributed by atoms with Gasteiger partial charge in [-0.25, -0.2) is 4.79 Å². The fourth-order valence-electron chi connectivity index (χ4n) is 6.29. The lowest BCUT2D eigenvalue weighted by Gasteiger charge is -2.20. The predicted molar refractivity (Wildman–Crippen MR) is 182 cm³/mol. The number of phenols is 2. The van der Waals surface area contributed by atoms with E-state index in [2.05, 4.69) is 0 Å². The molecule has 1 aliphatic carbocycles. The van der Waals surface area contributed by atoms with E-state index in [0.29, 0.717) is 54.7 Å². The molecule has 47 heavy (non-hydrogen) atoms. The van der Waals surface area contributed by atoms with Gasteiger partial charge in [-0.2, -0.15) is 0 Å². The third-order valence-electron chi connectivity index (χ3n) is 8.72. The van der Waals surface area contributed by atoms with Crippen LogP contribution in [0, 0.1) is 0 Å². The van der Waals surface area contributed by atoms with E-state index in [1.54, 1.807) is 12.1 Å². The largest absolute Gasteiger partial charge is 0.507 e. The van der Waals surface area contributed by atoms with Crippen LogP contribution in [0.5, 0.6) is 23.0 Å². The number of benzene rings is 6. The monoisotopic (exact) mass is 618 g/mol. The first-order chi connectivity index (χ1) is 23.0. The van der Waals surface area contributed by atoms with Crippen molar-refractivity contribution in [3.63, 3.8) is 0 Å². The van der Waals surface area contributed by atoms with Crippen LogP contribution >= 0.6 is 0 Å².